The minimum atomic E-state index is 0. The van der Waals surface area contributed by atoms with Gasteiger partial charge in [-0.05, 0) is 133 Å². The Kier molecular flexibility index (Phi) is 17.5. The highest BCUT2D eigenvalue weighted by atomic mass is 79.9. The van der Waals surface area contributed by atoms with Gasteiger partial charge in [-0.15, -0.1) is 12.4 Å². The Bertz CT molecular complexity index is 1740. The van der Waals surface area contributed by atoms with E-state index in [0.717, 1.165) is 114 Å². The van der Waals surface area contributed by atoms with E-state index in [4.69, 9.17) is 9.68 Å². The summed E-state index contributed by atoms with van der Waals surface area (Å²) in [4.78, 5) is 28.7. The van der Waals surface area contributed by atoms with Gasteiger partial charge in [-0.25, -0.2) is 0 Å². The SMILES string of the molecule is CCO/N=C(\c1ccc(Br)cc1)C1CCN(C2(C)CCN(C(=O)c3c(C)cc[n+](O)c3C)CC2)CC1.CCON=C(c1ccc(Br)cc1)C1CCNCC1.Cl. The fourth-order valence-corrected chi connectivity index (χ4v) is 8.32. The predicted molar refractivity (Wildman–Crippen MR) is 229 cm³/mol. The lowest BCUT2D eigenvalue weighted by molar-refractivity contribution is -0.908. The van der Waals surface area contributed by atoms with E-state index in [9.17, 15) is 10.0 Å². The van der Waals surface area contributed by atoms with Crippen LogP contribution in [0.4, 0.5) is 0 Å². The summed E-state index contributed by atoms with van der Waals surface area (Å²) in [6.45, 7) is 16.8. The van der Waals surface area contributed by atoms with Crippen molar-refractivity contribution in [2.45, 2.75) is 78.7 Å². The van der Waals surface area contributed by atoms with E-state index in [1.54, 1.807) is 19.2 Å². The highest BCUT2D eigenvalue weighted by molar-refractivity contribution is 9.10. The molecular weight excluding hydrogens is 848 g/mol. The third kappa shape index (κ3) is 11.8. The molecule has 55 heavy (non-hydrogen) atoms. The second-order valence-corrected chi connectivity index (χ2v) is 16.5. The normalized spacial score (nSPS) is 18.5. The van der Waals surface area contributed by atoms with Gasteiger partial charge < -0.3 is 19.9 Å². The molecule has 2 N–H and O–H groups in total. The van der Waals surface area contributed by atoms with Crippen molar-refractivity contribution < 1.29 is 24.4 Å². The largest absolute Gasteiger partial charge is 0.396 e. The quantitative estimate of drug-likeness (QED) is 0.0919. The Morgan fingerprint density at radius 1 is 0.818 bits per heavy atom. The Balaban J connectivity index is 0.000000298. The molecule has 6 rings (SSSR count). The van der Waals surface area contributed by atoms with E-state index in [1.807, 2.05) is 25.7 Å². The van der Waals surface area contributed by atoms with Gasteiger partial charge in [0.1, 0.15) is 18.8 Å². The molecule has 3 aliphatic heterocycles. The molecular formula is C42H58Br2ClN6O4+. The van der Waals surface area contributed by atoms with Crippen molar-refractivity contribution >= 4 is 61.6 Å². The van der Waals surface area contributed by atoms with Crippen LogP contribution in [0.3, 0.4) is 0 Å². The number of benzene rings is 2. The number of piperidine rings is 3. The van der Waals surface area contributed by atoms with Crippen molar-refractivity contribution in [2.75, 3.05) is 52.5 Å². The molecule has 3 saturated heterocycles. The molecule has 3 aliphatic rings. The van der Waals surface area contributed by atoms with Crippen LogP contribution in [0.1, 0.15) is 92.0 Å². The van der Waals surface area contributed by atoms with Gasteiger partial charge in [0.15, 0.2) is 0 Å². The number of likely N-dealkylation sites (tertiary alicyclic amines) is 2. The van der Waals surface area contributed by atoms with Crippen LogP contribution >= 0.6 is 44.3 Å². The maximum atomic E-state index is 13.3. The first kappa shape index (κ1) is 44.7. The van der Waals surface area contributed by atoms with Gasteiger partial charge in [0.25, 0.3) is 5.91 Å². The summed E-state index contributed by atoms with van der Waals surface area (Å²) in [6.07, 6.45) is 7.81. The second-order valence-electron chi connectivity index (χ2n) is 14.7. The number of aryl methyl sites for hydroxylation is 1. The third-order valence-corrected chi connectivity index (χ3v) is 12.2. The zero-order chi connectivity index (χ0) is 38.7. The van der Waals surface area contributed by atoms with Crippen molar-refractivity contribution in [1.82, 2.24) is 15.1 Å². The van der Waals surface area contributed by atoms with E-state index < -0.39 is 0 Å². The zero-order valence-electron chi connectivity index (χ0n) is 32.9. The van der Waals surface area contributed by atoms with Crippen LogP contribution in [0.25, 0.3) is 0 Å². The standard InChI is InChI=1S/C28H38BrN4O3.C14H19BrN2O.ClH/c1-5-36-30-26(22-6-8-24(29)9-7-22)23-11-15-32(16-12-23)28(4)13-18-31(19-14-28)27(34)25-20(2)10-17-33(35)21(25)3;1-2-18-17-14(12-7-9-16-10-8-12)11-3-5-13(15)6-4-11;/h6-10,17,23,35H,5,11-16,18-19H2,1-4H3;3-6,12,16H,2,7-10H2,1H3;1H/q+1;;/b30-26+;;. The summed E-state index contributed by atoms with van der Waals surface area (Å²) in [6, 6.07) is 18.4. The van der Waals surface area contributed by atoms with Gasteiger partial charge >= 0.3 is 0 Å². The van der Waals surface area contributed by atoms with Gasteiger partial charge in [-0.1, -0.05) is 66.4 Å². The molecule has 3 aromatic rings. The highest BCUT2D eigenvalue weighted by Crippen LogP contribution is 2.34. The number of amides is 1. The smallest absolute Gasteiger partial charge is 0.260 e. The number of carbonyl (C=O) groups is 1. The Hall–Kier alpha value is -3.03. The van der Waals surface area contributed by atoms with Crippen molar-refractivity contribution in [3.63, 3.8) is 0 Å². The van der Waals surface area contributed by atoms with Crippen LogP contribution in [0.5, 0.6) is 0 Å². The van der Waals surface area contributed by atoms with Gasteiger partial charge in [0.2, 0.25) is 11.9 Å². The van der Waals surface area contributed by atoms with Crippen LogP contribution in [-0.2, 0) is 9.68 Å². The lowest BCUT2D eigenvalue weighted by atomic mass is 9.82. The number of rotatable bonds is 10. The Labute approximate surface area is 350 Å². The Morgan fingerprint density at radius 2 is 1.29 bits per heavy atom. The van der Waals surface area contributed by atoms with Crippen molar-refractivity contribution in [3.8, 4) is 0 Å². The van der Waals surface area contributed by atoms with Crippen LogP contribution in [-0.4, -0.2) is 90.4 Å². The highest BCUT2D eigenvalue weighted by Gasteiger charge is 2.40. The number of halogens is 3. The average Bonchev–Trinajstić information content (AvgIpc) is 3.19. The van der Waals surface area contributed by atoms with E-state index >= 15 is 0 Å². The van der Waals surface area contributed by atoms with Crippen LogP contribution in [0.15, 0.2) is 80.1 Å². The molecule has 10 nitrogen and oxygen atoms in total. The monoisotopic (exact) mass is 903 g/mol. The lowest BCUT2D eigenvalue weighted by Crippen LogP contribution is -2.57. The van der Waals surface area contributed by atoms with Gasteiger partial charge in [0.05, 0.1) is 11.4 Å². The maximum absolute atomic E-state index is 13.3. The fourth-order valence-electron chi connectivity index (χ4n) is 7.79. The third-order valence-electron chi connectivity index (χ3n) is 11.1. The first-order valence-electron chi connectivity index (χ1n) is 19.4. The number of oxime groups is 2. The van der Waals surface area contributed by atoms with Crippen molar-refractivity contribution in [1.29, 1.82) is 0 Å². The van der Waals surface area contributed by atoms with Crippen molar-refractivity contribution in [2.24, 2.45) is 22.1 Å². The summed E-state index contributed by atoms with van der Waals surface area (Å²) in [7, 11) is 0. The Morgan fingerprint density at radius 3 is 1.76 bits per heavy atom. The van der Waals surface area contributed by atoms with E-state index in [-0.39, 0.29) is 23.9 Å². The molecule has 300 valence electrons. The van der Waals surface area contributed by atoms with Crippen LogP contribution in [0.2, 0.25) is 0 Å². The lowest BCUT2D eigenvalue weighted by Gasteiger charge is -2.49. The first-order valence-corrected chi connectivity index (χ1v) is 21.0. The van der Waals surface area contributed by atoms with E-state index in [2.05, 4.69) is 108 Å². The van der Waals surface area contributed by atoms with Crippen molar-refractivity contribution in [3.05, 3.63) is 97.7 Å². The topological polar surface area (TPSA) is 103 Å². The molecule has 1 amide bonds. The molecule has 0 atom stereocenters. The van der Waals surface area contributed by atoms with E-state index in [0.29, 0.717) is 36.3 Å². The van der Waals surface area contributed by atoms with Gasteiger partial charge in [-0.3, -0.25) is 14.9 Å². The zero-order valence-corrected chi connectivity index (χ0v) is 36.9. The molecule has 3 fully saturated rings. The summed E-state index contributed by atoms with van der Waals surface area (Å²) < 4.78 is 3.19. The molecule has 0 saturated carbocycles. The fraction of sp³-hybridized carbons (Fsp3) is 0.524. The number of nitrogens with one attached hydrogen (secondary N) is 1. The molecule has 4 heterocycles. The predicted octanol–water partition coefficient (Wildman–Crippen LogP) is 8.35. The number of aromatic nitrogens is 1. The molecule has 0 spiro atoms. The number of hydrogen-bond acceptors (Lipinski definition) is 8. The minimum Gasteiger partial charge on any atom is -0.396 e. The molecule has 0 radical (unpaired) electrons. The number of pyridine rings is 1. The molecule has 13 heteroatoms. The molecule has 0 bridgehead atoms. The molecule has 0 unspecified atom stereocenters. The minimum absolute atomic E-state index is 0. The first-order chi connectivity index (χ1) is 26.0. The summed E-state index contributed by atoms with van der Waals surface area (Å²) >= 11 is 6.99. The van der Waals surface area contributed by atoms with Crippen LogP contribution in [0, 0.1) is 25.7 Å². The number of nitrogens with zero attached hydrogens (tertiary/aromatic N) is 5. The summed E-state index contributed by atoms with van der Waals surface area (Å²) in [5, 5.41) is 22.3. The van der Waals surface area contributed by atoms with Gasteiger partial charge in [-0.2, -0.15) is 0 Å². The second kappa shape index (κ2) is 21.5. The summed E-state index contributed by atoms with van der Waals surface area (Å²) in [5.74, 6) is 0.882. The maximum Gasteiger partial charge on any atom is 0.260 e. The summed E-state index contributed by atoms with van der Waals surface area (Å²) in [5.41, 5.74) is 6.60. The van der Waals surface area contributed by atoms with Gasteiger partial charge in [0, 0.05) is 57.1 Å². The van der Waals surface area contributed by atoms with Crippen LogP contribution < -0.4 is 10.0 Å². The molecule has 2 aromatic carbocycles. The average molecular weight is 906 g/mol. The number of carbonyl (C=O) groups excluding carboxylic acids is 1. The van der Waals surface area contributed by atoms with E-state index in [1.165, 1.54) is 5.56 Å². The molecule has 0 aliphatic carbocycles. The molecule has 1 aromatic heterocycles. The number of hydrogen-bond donors (Lipinski definition) is 2.